The quantitative estimate of drug-likeness (QED) is 0.317. The van der Waals surface area contributed by atoms with Gasteiger partial charge in [-0.2, -0.15) is 0 Å². The predicted octanol–water partition coefficient (Wildman–Crippen LogP) is 5.81. The summed E-state index contributed by atoms with van der Waals surface area (Å²) in [5.74, 6) is 1.47. The number of amides is 1. The fraction of sp³-hybridized carbons (Fsp3) is 0.400. The second-order valence-corrected chi connectivity index (χ2v) is 11.3. The summed E-state index contributed by atoms with van der Waals surface area (Å²) < 4.78 is 9.55. The van der Waals surface area contributed by atoms with Crippen molar-refractivity contribution >= 4 is 34.8 Å². The number of carbonyl (C=O) groups is 2. The average molecular weight is 529 g/mol. The van der Waals surface area contributed by atoms with Crippen molar-refractivity contribution in [2.45, 2.75) is 52.6 Å². The van der Waals surface area contributed by atoms with Crippen molar-refractivity contribution in [3.8, 4) is 5.69 Å². The lowest BCUT2D eigenvalue weighted by Crippen LogP contribution is -2.42. The van der Waals surface area contributed by atoms with E-state index in [4.69, 9.17) is 9.72 Å². The Morgan fingerprint density at radius 2 is 1.95 bits per heavy atom. The molecule has 3 heterocycles. The summed E-state index contributed by atoms with van der Waals surface area (Å²) in [4.78, 5) is 35.4. The SMILES string of the molecule is Cc1cn(-c2ccc(Nc3cccc4c3nc(CC3CCN(C(=O)OC(C)(C)C)CC3)n4C)cc2C=O)cn1. The van der Waals surface area contributed by atoms with Gasteiger partial charge in [-0.3, -0.25) is 4.79 Å². The van der Waals surface area contributed by atoms with E-state index in [-0.39, 0.29) is 6.09 Å². The molecule has 1 aliphatic rings. The van der Waals surface area contributed by atoms with E-state index in [1.54, 1.807) is 6.33 Å². The maximum Gasteiger partial charge on any atom is 0.410 e. The number of hydrogen-bond acceptors (Lipinski definition) is 6. The Kier molecular flexibility index (Phi) is 7.16. The number of benzene rings is 2. The van der Waals surface area contributed by atoms with Crippen LogP contribution in [0.25, 0.3) is 16.7 Å². The Morgan fingerprint density at radius 1 is 1.18 bits per heavy atom. The number of hydrogen-bond donors (Lipinski definition) is 1. The van der Waals surface area contributed by atoms with Crippen LogP contribution in [0.5, 0.6) is 0 Å². The molecule has 0 saturated carbocycles. The maximum absolute atomic E-state index is 12.4. The number of carbonyl (C=O) groups excluding carboxylic acids is 2. The van der Waals surface area contributed by atoms with Crippen LogP contribution in [0.15, 0.2) is 48.9 Å². The zero-order valence-electron chi connectivity index (χ0n) is 23.3. The zero-order chi connectivity index (χ0) is 27.7. The average Bonchev–Trinajstić information content (AvgIpc) is 3.47. The molecule has 9 nitrogen and oxygen atoms in total. The second kappa shape index (κ2) is 10.6. The first-order chi connectivity index (χ1) is 18.6. The number of aromatic nitrogens is 4. The normalized spacial score (nSPS) is 14.5. The van der Waals surface area contributed by atoms with E-state index < -0.39 is 5.60 Å². The van der Waals surface area contributed by atoms with Crippen LogP contribution in [-0.2, 0) is 18.2 Å². The lowest BCUT2D eigenvalue weighted by atomic mass is 9.93. The molecule has 204 valence electrons. The van der Waals surface area contributed by atoms with Crippen LogP contribution in [0.1, 0.15) is 55.5 Å². The van der Waals surface area contributed by atoms with Crippen LogP contribution in [0, 0.1) is 12.8 Å². The number of aryl methyl sites for hydroxylation is 2. The molecule has 9 heteroatoms. The van der Waals surface area contributed by atoms with E-state index in [0.717, 1.165) is 65.2 Å². The number of fused-ring (bicyclic) bond motifs is 1. The molecule has 0 aliphatic carbocycles. The van der Waals surface area contributed by atoms with E-state index in [0.29, 0.717) is 24.6 Å². The van der Waals surface area contributed by atoms with Gasteiger partial charge in [0, 0.05) is 44.0 Å². The van der Waals surface area contributed by atoms with Gasteiger partial charge in [0.25, 0.3) is 0 Å². The highest BCUT2D eigenvalue weighted by Crippen LogP contribution is 2.30. The molecule has 39 heavy (non-hydrogen) atoms. The van der Waals surface area contributed by atoms with Gasteiger partial charge < -0.3 is 24.1 Å². The third-order valence-corrected chi connectivity index (χ3v) is 7.16. The van der Waals surface area contributed by atoms with Gasteiger partial charge in [0.2, 0.25) is 0 Å². The highest BCUT2D eigenvalue weighted by atomic mass is 16.6. The van der Waals surface area contributed by atoms with E-state index in [1.807, 2.05) is 73.7 Å². The fourth-order valence-electron chi connectivity index (χ4n) is 5.12. The van der Waals surface area contributed by atoms with Gasteiger partial charge >= 0.3 is 6.09 Å². The number of piperidine rings is 1. The molecule has 0 bridgehead atoms. The number of anilines is 2. The minimum absolute atomic E-state index is 0.231. The molecule has 1 saturated heterocycles. The maximum atomic E-state index is 12.4. The summed E-state index contributed by atoms with van der Waals surface area (Å²) in [7, 11) is 2.05. The van der Waals surface area contributed by atoms with E-state index >= 15 is 0 Å². The summed E-state index contributed by atoms with van der Waals surface area (Å²) in [6.07, 6.45) is 6.93. The number of aldehydes is 1. The topological polar surface area (TPSA) is 94.3 Å². The monoisotopic (exact) mass is 528 g/mol. The Labute approximate surface area is 228 Å². The van der Waals surface area contributed by atoms with Gasteiger partial charge in [-0.05, 0) is 76.8 Å². The summed E-state index contributed by atoms with van der Waals surface area (Å²) in [6.45, 7) is 9.00. The van der Waals surface area contributed by atoms with Gasteiger partial charge in [0.05, 0.1) is 28.9 Å². The van der Waals surface area contributed by atoms with Gasteiger partial charge in [-0.1, -0.05) is 6.07 Å². The molecule has 4 aromatic rings. The molecule has 0 radical (unpaired) electrons. The number of imidazole rings is 2. The number of para-hydroxylation sites is 1. The molecular weight excluding hydrogens is 492 g/mol. The van der Waals surface area contributed by atoms with E-state index in [1.165, 1.54) is 0 Å². The zero-order valence-corrected chi connectivity index (χ0v) is 23.3. The van der Waals surface area contributed by atoms with Gasteiger partial charge in [-0.15, -0.1) is 0 Å². The van der Waals surface area contributed by atoms with Gasteiger partial charge in [0.1, 0.15) is 16.9 Å². The van der Waals surface area contributed by atoms with Crippen molar-refractivity contribution in [3.63, 3.8) is 0 Å². The molecule has 0 unspecified atom stereocenters. The summed E-state index contributed by atoms with van der Waals surface area (Å²) >= 11 is 0. The lowest BCUT2D eigenvalue weighted by Gasteiger charge is -2.33. The fourth-order valence-corrected chi connectivity index (χ4v) is 5.12. The van der Waals surface area contributed by atoms with Crippen LogP contribution in [0.3, 0.4) is 0 Å². The molecule has 1 aliphatic heterocycles. The van der Waals surface area contributed by atoms with Crippen LogP contribution < -0.4 is 5.32 Å². The molecule has 1 amide bonds. The smallest absolute Gasteiger partial charge is 0.410 e. The van der Waals surface area contributed by atoms with Crippen molar-refractivity contribution in [1.29, 1.82) is 0 Å². The predicted molar refractivity (Wildman–Crippen MR) is 152 cm³/mol. The standard InChI is InChI=1S/C30H36N6O3/c1-20-17-36(19-31-20)25-10-9-23(16-22(25)18-37)32-24-7-6-8-26-28(24)33-27(34(26)5)15-21-11-13-35(14-12-21)29(38)39-30(2,3)4/h6-10,16-19,21,32H,11-15H2,1-5H3. The lowest BCUT2D eigenvalue weighted by molar-refractivity contribution is 0.0183. The summed E-state index contributed by atoms with van der Waals surface area (Å²) in [6, 6.07) is 11.8. The van der Waals surface area contributed by atoms with Gasteiger partial charge in [-0.25, -0.2) is 14.8 Å². The highest BCUT2D eigenvalue weighted by Gasteiger charge is 2.28. The molecule has 1 N–H and O–H groups in total. The number of nitrogens with one attached hydrogen (secondary N) is 1. The van der Waals surface area contributed by atoms with Crippen molar-refractivity contribution in [1.82, 2.24) is 24.0 Å². The van der Waals surface area contributed by atoms with Crippen molar-refractivity contribution in [3.05, 3.63) is 66.0 Å². The third-order valence-electron chi connectivity index (χ3n) is 7.16. The number of rotatable bonds is 6. The van der Waals surface area contributed by atoms with E-state index in [9.17, 15) is 9.59 Å². The second-order valence-electron chi connectivity index (χ2n) is 11.3. The van der Waals surface area contributed by atoms with Crippen LogP contribution in [-0.4, -0.2) is 55.1 Å². The molecular formula is C30H36N6O3. The summed E-state index contributed by atoms with van der Waals surface area (Å²) in [5.41, 5.74) is 5.40. The van der Waals surface area contributed by atoms with Gasteiger partial charge in [0.15, 0.2) is 6.29 Å². The van der Waals surface area contributed by atoms with Crippen molar-refractivity contribution in [2.75, 3.05) is 18.4 Å². The van der Waals surface area contributed by atoms with Crippen LogP contribution in [0.2, 0.25) is 0 Å². The summed E-state index contributed by atoms with van der Waals surface area (Å²) in [5, 5.41) is 3.47. The van der Waals surface area contributed by atoms with E-state index in [2.05, 4.69) is 28.0 Å². The molecule has 5 rings (SSSR count). The first-order valence-corrected chi connectivity index (χ1v) is 13.4. The molecule has 1 fully saturated rings. The highest BCUT2D eigenvalue weighted by molar-refractivity contribution is 5.92. The number of nitrogens with zero attached hydrogens (tertiary/aromatic N) is 5. The number of ether oxygens (including phenoxy) is 1. The molecule has 0 atom stereocenters. The van der Waals surface area contributed by atoms with Crippen LogP contribution in [0.4, 0.5) is 16.2 Å². The minimum Gasteiger partial charge on any atom is -0.444 e. The first-order valence-electron chi connectivity index (χ1n) is 13.4. The molecule has 2 aromatic carbocycles. The van der Waals surface area contributed by atoms with Crippen molar-refractivity contribution < 1.29 is 14.3 Å². The first kappa shape index (κ1) is 26.5. The Hall–Kier alpha value is -4.14. The molecule has 2 aromatic heterocycles. The van der Waals surface area contributed by atoms with Crippen LogP contribution >= 0.6 is 0 Å². The van der Waals surface area contributed by atoms with Crippen molar-refractivity contribution in [2.24, 2.45) is 13.0 Å². The Bertz CT molecular complexity index is 1500. The number of likely N-dealkylation sites (tertiary alicyclic amines) is 1. The Balaban J connectivity index is 1.31. The Morgan fingerprint density at radius 3 is 2.62 bits per heavy atom. The minimum atomic E-state index is -0.483. The molecule has 0 spiro atoms. The largest absolute Gasteiger partial charge is 0.444 e. The third kappa shape index (κ3) is 5.82.